The molecule has 0 bridgehead atoms. The van der Waals surface area contributed by atoms with Gasteiger partial charge < -0.3 is 10.1 Å². The van der Waals surface area contributed by atoms with Gasteiger partial charge in [-0.15, -0.1) is 0 Å². The summed E-state index contributed by atoms with van der Waals surface area (Å²) in [5.41, 5.74) is 3.03. The van der Waals surface area contributed by atoms with Gasteiger partial charge in [-0.2, -0.15) is 17.9 Å². The monoisotopic (exact) mass is 580 g/mol. The fraction of sp³-hybridized carbons (Fsp3) is 0.455. The molecule has 0 spiro atoms. The number of hydrogen-bond donors (Lipinski definition) is 0. The van der Waals surface area contributed by atoms with Crippen molar-refractivity contribution in [1.82, 2.24) is 14.7 Å². The molecule has 3 aromatic rings. The molecule has 2 aliphatic rings. The van der Waals surface area contributed by atoms with Crippen molar-refractivity contribution in [3.63, 3.8) is 0 Å². The van der Waals surface area contributed by atoms with Gasteiger partial charge in [-0.05, 0) is 62.4 Å². The van der Waals surface area contributed by atoms with Crippen molar-refractivity contribution in [3.8, 4) is 0 Å². The number of rotatable bonds is 5. The molecule has 0 aliphatic carbocycles. The largest absolute Gasteiger partial charge is 0.618 e. The number of hydrogen-bond acceptors (Lipinski definition) is 4. The molecule has 42 heavy (non-hydrogen) atoms. The molecule has 5 rings (SSSR count). The lowest BCUT2D eigenvalue weighted by atomic mass is 9.85. The highest BCUT2D eigenvalue weighted by molar-refractivity contribution is 5.96. The average Bonchev–Trinajstić information content (AvgIpc) is 2.99. The normalized spacial score (nSPS) is 20.8. The topological polar surface area (TPSA) is 53.7 Å². The summed E-state index contributed by atoms with van der Waals surface area (Å²) in [4.78, 5) is 20.2. The molecule has 224 valence electrons. The van der Waals surface area contributed by atoms with Gasteiger partial charge in [-0.25, -0.2) is 0 Å². The van der Waals surface area contributed by atoms with Gasteiger partial charge >= 0.3 is 6.18 Å². The Labute approximate surface area is 245 Å². The van der Waals surface area contributed by atoms with E-state index >= 15 is 0 Å². The molecule has 1 amide bonds. The second-order valence-electron chi connectivity index (χ2n) is 12.0. The minimum atomic E-state index is -4.35. The summed E-state index contributed by atoms with van der Waals surface area (Å²) in [7, 11) is 0. The van der Waals surface area contributed by atoms with E-state index in [9.17, 15) is 23.2 Å². The Morgan fingerprint density at radius 1 is 0.976 bits per heavy atom. The number of likely N-dealkylation sites (tertiary alicyclic amines) is 1. The van der Waals surface area contributed by atoms with E-state index in [0.717, 1.165) is 48.3 Å². The third-order valence-electron chi connectivity index (χ3n) is 9.48. The number of nitrogens with zero attached hydrogens (tertiary/aromatic N) is 4. The first-order chi connectivity index (χ1) is 19.9. The first kappa shape index (κ1) is 30.0. The van der Waals surface area contributed by atoms with Gasteiger partial charge in [0.05, 0.1) is 5.56 Å². The molecule has 0 radical (unpaired) electrons. The molecule has 1 aromatic heterocycles. The van der Waals surface area contributed by atoms with Crippen LogP contribution < -0.4 is 4.73 Å². The van der Waals surface area contributed by atoms with E-state index < -0.39 is 11.7 Å². The second-order valence-corrected chi connectivity index (χ2v) is 12.0. The van der Waals surface area contributed by atoms with Gasteiger partial charge in [0.15, 0.2) is 6.20 Å². The zero-order valence-corrected chi connectivity index (χ0v) is 24.7. The lowest BCUT2D eigenvalue weighted by Crippen LogP contribution is -2.60. The zero-order valence-electron chi connectivity index (χ0n) is 24.7. The Morgan fingerprint density at radius 3 is 2.24 bits per heavy atom. The summed E-state index contributed by atoms with van der Waals surface area (Å²) < 4.78 is 40.3. The molecule has 2 aromatic carbocycles. The Kier molecular flexibility index (Phi) is 8.36. The summed E-state index contributed by atoms with van der Waals surface area (Å²) in [6.45, 7) is 11.5. The molecule has 2 aliphatic heterocycles. The van der Waals surface area contributed by atoms with Gasteiger partial charge in [0.25, 0.3) is 5.91 Å². The molecular weight excluding hydrogens is 541 g/mol. The highest BCUT2D eigenvalue weighted by Gasteiger charge is 2.42. The van der Waals surface area contributed by atoms with E-state index in [-0.39, 0.29) is 23.5 Å². The van der Waals surface area contributed by atoms with Crippen LogP contribution in [0.2, 0.25) is 0 Å². The van der Waals surface area contributed by atoms with Crippen LogP contribution in [-0.2, 0) is 6.18 Å². The first-order valence-electron chi connectivity index (χ1n) is 14.6. The molecule has 2 saturated heterocycles. The molecule has 3 heterocycles. The number of halogens is 3. The van der Waals surface area contributed by atoms with Gasteiger partial charge in [0, 0.05) is 63.3 Å². The predicted molar refractivity (Wildman–Crippen MR) is 156 cm³/mol. The van der Waals surface area contributed by atoms with Crippen LogP contribution in [0.1, 0.15) is 77.1 Å². The van der Waals surface area contributed by atoms with Crippen LogP contribution in [0.5, 0.6) is 0 Å². The highest BCUT2D eigenvalue weighted by Crippen LogP contribution is 2.39. The fourth-order valence-electron chi connectivity index (χ4n) is 6.62. The van der Waals surface area contributed by atoms with Crippen molar-refractivity contribution >= 4 is 5.91 Å². The van der Waals surface area contributed by atoms with Crippen molar-refractivity contribution in [3.05, 3.63) is 106 Å². The van der Waals surface area contributed by atoms with Crippen LogP contribution in [0, 0.1) is 19.1 Å². The zero-order chi connectivity index (χ0) is 30.2. The molecular formula is C33H39F3N4O2. The quantitative estimate of drug-likeness (QED) is 0.272. The van der Waals surface area contributed by atoms with E-state index in [0.29, 0.717) is 24.3 Å². The van der Waals surface area contributed by atoms with E-state index in [1.807, 2.05) is 30.0 Å². The average molecular weight is 581 g/mol. The maximum absolute atomic E-state index is 13.4. The van der Waals surface area contributed by atoms with Gasteiger partial charge in [0.2, 0.25) is 5.69 Å². The standard InChI is InChI=1S/C33H39F3N4O2/c1-23-14-17-40(42)25(3)30(23)31(41)37-18-15-32(4,16-19-37)38-20-21-39(29(22-38)27-8-6-5-7-9-27)24(2)26-10-12-28(13-11-26)33(34,35)36/h5-14,17,24,29H,15-16,18-22H2,1-4H3/t24-,29+/m0/s1. The third kappa shape index (κ3) is 5.90. The molecule has 2 atom stereocenters. The van der Waals surface area contributed by atoms with Crippen molar-refractivity contribution < 1.29 is 22.7 Å². The van der Waals surface area contributed by atoms with Gasteiger partial charge in [-0.3, -0.25) is 14.6 Å². The minimum Gasteiger partial charge on any atom is -0.618 e. The van der Waals surface area contributed by atoms with E-state index in [1.54, 1.807) is 25.1 Å². The van der Waals surface area contributed by atoms with Crippen LogP contribution in [0.25, 0.3) is 0 Å². The van der Waals surface area contributed by atoms with E-state index in [4.69, 9.17) is 0 Å². The summed E-state index contributed by atoms with van der Waals surface area (Å²) in [5, 5.41) is 12.1. The number of alkyl halides is 3. The first-order valence-corrected chi connectivity index (χ1v) is 14.6. The molecule has 0 N–H and O–H groups in total. The Morgan fingerprint density at radius 2 is 1.62 bits per heavy atom. The number of piperidine rings is 1. The number of piperazine rings is 1. The van der Waals surface area contributed by atoms with E-state index in [1.165, 1.54) is 23.9 Å². The van der Waals surface area contributed by atoms with Gasteiger partial charge in [-0.1, -0.05) is 42.5 Å². The summed E-state index contributed by atoms with van der Waals surface area (Å²) >= 11 is 0. The van der Waals surface area contributed by atoms with Gasteiger partial charge in [0.1, 0.15) is 5.56 Å². The lowest BCUT2D eigenvalue weighted by molar-refractivity contribution is -0.612. The van der Waals surface area contributed by atoms with Crippen LogP contribution in [0.15, 0.2) is 66.9 Å². The molecule has 0 unspecified atom stereocenters. The number of aromatic nitrogens is 1. The highest BCUT2D eigenvalue weighted by atomic mass is 19.4. The molecule has 6 nitrogen and oxygen atoms in total. The Bertz CT molecular complexity index is 1400. The minimum absolute atomic E-state index is 0.0620. The maximum Gasteiger partial charge on any atom is 0.416 e. The van der Waals surface area contributed by atoms with Crippen molar-refractivity contribution in [2.75, 3.05) is 32.7 Å². The number of aryl methyl sites for hydroxylation is 1. The van der Waals surface area contributed by atoms with Crippen molar-refractivity contribution in [1.29, 1.82) is 0 Å². The second kappa shape index (κ2) is 11.7. The van der Waals surface area contributed by atoms with Crippen LogP contribution in [0.4, 0.5) is 13.2 Å². The number of pyridine rings is 1. The number of amides is 1. The third-order valence-corrected chi connectivity index (χ3v) is 9.48. The summed E-state index contributed by atoms with van der Waals surface area (Å²) in [6.07, 6.45) is -1.28. The van der Waals surface area contributed by atoms with Crippen LogP contribution >= 0.6 is 0 Å². The molecule has 2 fully saturated rings. The van der Waals surface area contributed by atoms with Crippen molar-refractivity contribution in [2.24, 2.45) is 0 Å². The fourth-order valence-corrected chi connectivity index (χ4v) is 6.62. The molecule has 0 saturated carbocycles. The number of carbonyl (C=O) groups excluding carboxylic acids is 1. The maximum atomic E-state index is 13.4. The summed E-state index contributed by atoms with van der Waals surface area (Å²) in [5.74, 6) is -0.0883. The van der Waals surface area contributed by atoms with E-state index in [2.05, 4.69) is 35.8 Å². The predicted octanol–water partition coefficient (Wildman–Crippen LogP) is 6.07. The summed E-state index contributed by atoms with van der Waals surface area (Å²) in [6, 6.07) is 17.5. The number of carbonyl (C=O) groups is 1. The van der Waals surface area contributed by atoms with Crippen LogP contribution in [0.3, 0.4) is 0 Å². The Hall–Kier alpha value is -3.43. The SMILES string of the molecule is Cc1cc[n+]([O-])c(C)c1C(=O)N1CCC(C)(N2CCN([C@@H](C)c3ccc(C(F)(F)F)cc3)[C@@H](c3ccccc3)C2)CC1. The smallest absolute Gasteiger partial charge is 0.416 e. The van der Waals surface area contributed by atoms with Crippen molar-refractivity contribution in [2.45, 2.75) is 64.3 Å². The Balaban J connectivity index is 1.32. The number of benzene rings is 2. The lowest BCUT2D eigenvalue weighted by Gasteiger charge is -2.53. The molecule has 9 heteroatoms. The van der Waals surface area contributed by atoms with Crippen LogP contribution in [-0.4, -0.2) is 58.9 Å².